The smallest absolute Gasteiger partial charge is 0.315 e. The number of nitrogens with one attached hydrogen (secondary N) is 2. The van der Waals surface area contributed by atoms with Crippen molar-refractivity contribution in [1.82, 2.24) is 15.5 Å². The molecule has 2 amide bonds. The lowest BCUT2D eigenvalue weighted by molar-refractivity contribution is 0.153. The first-order valence-corrected chi connectivity index (χ1v) is 9.63. The molecule has 1 aromatic carbocycles. The zero-order valence-corrected chi connectivity index (χ0v) is 15.2. The van der Waals surface area contributed by atoms with E-state index in [-0.39, 0.29) is 18.7 Å². The molecule has 1 aliphatic carbocycles. The predicted octanol–water partition coefficient (Wildman–Crippen LogP) is 2.63. The van der Waals surface area contributed by atoms with Gasteiger partial charge in [0.05, 0.1) is 6.61 Å². The molecule has 0 spiro atoms. The summed E-state index contributed by atoms with van der Waals surface area (Å²) in [6.07, 6.45) is 5.71. The number of aliphatic hydroxyl groups excluding tert-OH is 1. The van der Waals surface area contributed by atoms with Crippen molar-refractivity contribution in [3.8, 4) is 0 Å². The van der Waals surface area contributed by atoms with E-state index in [2.05, 4.69) is 34.6 Å². The Kier molecular flexibility index (Phi) is 6.32. The molecule has 1 aliphatic heterocycles. The van der Waals surface area contributed by atoms with E-state index in [0.717, 1.165) is 37.9 Å². The molecule has 5 heteroatoms. The molecule has 0 aromatic heterocycles. The van der Waals surface area contributed by atoms with Gasteiger partial charge in [0.15, 0.2) is 0 Å². The monoisotopic (exact) mass is 345 g/mol. The highest BCUT2D eigenvalue weighted by atomic mass is 16.3. The van der Waals surface area contributed by atoms with Gasteiger partial charge in [-0.2, -0.15) is 0 Å². The number of benzene rings is 1. The van der Waals surface area contributed by atoms with Crippen LogP contribution < -0.4 is 10.6 Å². The summed E-state index contributed by atoms with van der Waals surface area (Å²) in [4.78, 5) is 14.6. The number of nitrogens with zero attached hydrogens (tertiary/aromatic N) is 1. The van der Waals surface area contributed by atoms with Crippen LogP contribution in [0.1, 0.15) is 50.2 Å². The van der Waals surface area contributed by atoms with Gasteiger partial charge in [-0.25, -0.2) is 4.79 Å². The third-order valence-electron chi connectivity index (χ3n) is 5.82. The quantitative estimate of drug-likeness (QED) is 0.743. The summed E-state index contributed by atoms with van der Waals surface area (Å²) in [5, 5.41) is 15.6. The van der Waals surface area contributed by atoms with E-state index in [0.29, 0.717) is 18.5 Å². The third-order valence-corrected chi connectivity index (χ3v) is 5.82. The first-order valence-electron chi connectivity index (χ1n) is 9.63. The number of aliphatic hydroxyl groups is 1. The Hall–Kier alpha value is -1.59. The highest BCUT2D eigenvalue weighted by molar-refractivity contribution is 5.74. The molecule has 0 bridgehead atoms. The van der Waals surface area contributed by atoms with Crippen molar-refractivity contribution >= 4 is 6.03 Å². The Morgan fingerprint density at radius 3 is 2.72 bits per heavy atom. The van der Waals surface area contributed by atoms with Crippen molar-refractivity contribution in [3.05, 3.63) is 35.4 Å². The highest BCUT2D eigenvalue weighted by Crippen LogP contribution is 2.24. The van der Waals surface area contributed by atoms with Crippen LogP contribution in [0.4, 0.5) is 4.79 Å². The van der Waals surface area contributed by atoms with Gasteiger partial charge in [0.2, 0.25) is 0 Å². The Morgan fingerprint density at radius 2 is 2.00 bits per heavy atom. The largest absolute Gasteiger partial charge is 0.395 e. The van der Waals surface area contributed by atoms with Crippen LogP contribution in [-0.4, -0.2) is 41.3 Å². The second kappa shape index (κ2) is 8.68. The fourth-order valence-corrected chi connectivity index (χ4v) is 4.17. The molecule has 25 heavy (non-hydrogen) atoms. The molecule has 3 rings (SSSR count). The summed E-state index contributed by atoms with van der Waals surface area (Å²) in [6, 6.07) is 8.79. The molecule has 3 atom stereocenters. The molecule has 1 heterocycles. The number of hydrogen-bond donors (Lipinski definition) is 3. The van der Waals surface area contributed by atoms with Crippen LogP contribution >= 0.6 is 0 Å². The number of carbonyl (C=O) groups is 1. The van der Waals surface area contributed by atoms with E-state index >= 15 is 0 Å². The molecule has 1 saturated heterocycles. The average molecular weight is 345 g/mol. The summed E-state index contributed by atoms with van der Waals surface area (Å²) in [5.41, 5.74) is 2.39. The molecule has 0 unspecified atom stereocenters. The minimum atomic E-state index is -0.0667. The van der Waals surface area contributed by atoms with E-state index in [9.17, 15) is 9.90 Å². The molecule has 0 radical (unpaired) electrons. The molecule has 2 fully saturated rings. The fourth-order valence-electron chi connectivity index (χ4n) is 4.17. The van der Waals surface area contributed by atoms with E-state index in [1.165, 1.54) is 18.4 Å². The Balaban J connectivity index is 1.54. The lowest BCUT2D eigenvalue weighted by Gasteiger charge is -2.24. The number of carbonyl (C=O) groups excluding carboxylic acids is 1. The van der Waals surface area contributed by atoms with E-state index in [4.69, 9.17) is 0 Å². The molecular weight excluding hydrogens is 314 g/mol. The van der Waals surface area contributed by atoms with Gasteiger partial charge in [0.25, 0.3) is 0 Å². The minimum absolute atomic E-state index is 0.0667. The molecule has 1 saturated carbocycles. The lowest BCUT2D eigenvalue weighted by Crippen LogP contribution is -2.43. The van der Waals surface area contributed by atoms with Crippen LogP contribution in [0.25, 0.3) is 0 Å². The Bertz CT molecular complexity index is 578. The van der Waals surface area contributed by atoms with Gasteiger partial charge in [-0.1, -0.05) is 37.6 Å². The maximum atomic E-state index is 12.2. The maximum Gasteiger partial charge on any atom is 0.315 e. The number of hydrogen-bond acceptors (Lipinski definition) is 3. The third kappa shape index (κ3) is 4.73. The molecule has 5 nitrogen and oxygen atoms in total. The molecule has 138 valence electrons. The van der Waals surface area contributed by atoms with Crippen molar-refractivity contribution in [2.45, 2.75) is 64.2 Å². The van der Waals surface area contributed by atoms with E-state index in [1.807, 2.05) is 12.1 Å². The van der Waals surface area contributed by atoms with Gasteiger partial charge in [-0.05, 0) is 49.3 Å². The van der Waals surface area contributed by atoms with Crippen LogP contribution in [-0.2, 0) is 13.1 Å². The second-order valence-corrected chi connectivity index (χ2v) is 7.56. The van der Waals surface area contributed by atoms with Crippen LogP contribution in [0.2, 0.25) is 0 Å². The van der Waals surface area contributed by atoms with Gasteiger partial charge in [-0.15, -0.1) is 0 Å². The van der Waals surface area contributed by atoms with Crippen molar-refractivity contribution in [1.29, 1.82) is 0 Å². The maximum absolute atomic E-state index is 12.2. The van der Waals surface area contributed by atoms with Crippen LogP contribution in [0, 0.1) is 5.92 Å². The first kappa shape index (κ1) is 18.2. The van der Waals surface area contributed by atoms with Crippen molar-refractivity contribution < 1.29 is 9.90 Å². The Labute approximate surface area is 150 Å². The number of amides is 2. The van der Waals surface area contributed by atoms with Gasteiger partial charge in [-0.3, -0.25) is 4.90 Å². The standard InChI is InChI=1S/C20H31N3O2/c1-15-6-4-10-19(15)22-20(25)21-12-16-7-2-3-8-17(16)13-23-11-5-9-18(23)14-24/h2-3,7-8,15,18-19,24H,4-6,9-14H2,1H3,(H2,21,22,25)/t15-,18+,19-/m1/s1. The normalized spacial score (nSPS) is 26.7. The zero-order chi connectivity index (χ0) is 17.6. The molecule has 2 aliphatic rings. The highest BCUT2D eigenvalue weighted by Gasteiger charge is 2.25. The van der Waals surface area contributed by atoms with Crippen molar-refractivity contribution in [2.75, 3.05) is 13.2 Å². The van der Waals surface area contributed by atoms with Gasteiger partial charge in [0, 0.05) is 25.2 Å². The number of urea groups is 1. The topological polar surface area (TPSA) is 64.6 Å². The lowest BCUT2D eigenvalue weighted by atomic mass is 10.1. The van der Waals surface area contributed by atoms with E-state index < -0.39 is 0 Å². The summed E-state index contributed by atoms with van der Waals surface area (Å²) >= 11 is 0. The average Bonchev–Trinajstić information content (AvgIpc) is 3.23. The van der Waals surface area contributed by atoms with Gasteiger partial charge >= 0.3 is 6.03 Å². The van der Waals surface area contributed by atoms with Gasteiger partial charge in [0.1, 0.15) is 0 Å². The summed E-state index contributed by atoms with van der Waals surface area (Å²) < 4.78 is 0. The molecule has 3 N–H and O–H groups in total. The minimum Gasteiger partial charge on any atom is -0.395 e. The summed E-state index contributed by atoms with van der Waals surface area (Å²) in [7, 11) is 0. The van der Waals surface area contributed by atoms with Crippen LogP contribution in [0.3, 0.4) is 0 Å². The first-order chi connectivity index (χ1) is 12.2. The fraction of sp³-hybridized carbons (Fsp3) is 0.650. The predicted molar refractivity (Wildman–Crippen MR) is 99.1 cm³/mol. The van der Waals surface area contributed by atoms with Crippen LogP contribution in [0.15, 0.2) is 24.3 Å². The molecular formula is C20H31N3O2. The molecule has 1 aromatic rings. The van der Waals surface area contributed by atoms with E-state index in [1.54, 1.807) is 0 Å². The number of likely N-dealkylation sites (tertiary alicyclic amines) is 1. The zero-order valence-electron chi connectivity index (χ0n) is 15.2. The SMILES string of the molecule is C[C@@H]1CCC[C@H]1NC(=O)NCc1ccccc1CN1CCC[C@H]1CO. The van der Waals surface area contributed by atoms with Crippen LogP contribution in [0.5, 0.6) is 0 Å². The van der Waals surface area contributed by atoms with Gasteiger partial charge < -0.3 is 15.7 Å². The second-order valence-electron chi connectivity index (χ2n) is 7.56. The van der Waals surface area contributed by atoms with Crippen molar-refractivity contribution in [3.63, 3.8) is 0 Å². The Morgan fingerprint density at radius 1 is 1.20 bits per heavy atom. The number of rotatable bonds is 6. The van der Waals surface area contributed by atoms with Crippen molar-refractivity contribution in [2.24, 2.45) is 5.92 Å². The summed E-state index contributed by atoms with van der Waals surface area (Å²) in [5.74, 6) is 0.573. The summed E-state index contributed by atoms with van der Waals surface area (Å²) in [6.45, 7) is 4.85.